The molecule has 5 rings (SSSR count). The molecule has 1 amide bonds. The topological polar surface area (TPSA) is 91.8 Å². The maximum absolute atomic E-state index is 13.4. The lowest BCUT2D eigenvalue weighted by Crippen LogP contribution is -2.37. The summed E-state index contributed by atoms with van der Waals surface area (Å²) in [7, 11) is 0. The number of nitrogens with one attached hydrogen (secondary N) is 3. The summed E-state index contributed by atoms with van der Waals surface area (Å²) >= 11 is 6.07. The highest BCUT2D eigenvalue weighted by atomic mass is 35.5. The zero-order chi connectivity index (χ0) is 24.1. The first-order valence-electron chi connectivity index (χ1n) is 11.6. The van der Waals surface area contributed by atoms with Gasteiger partial charge in [-0.05, 0) is 66.9 Å². The van der Waals surface area contributed by atoms with Crippen LogP contribution in [0, 0.1) is 0 Å². The first-order chi connectivity index (χ1) is 17.1. The largest absolute Gasteiger partial charge is 0.340 e. The molecule has 0 atom stereocenters. The number of aromatic nitrogens is 3. The van der Waals surface area contributed by atoms with Crippen molar-refractivity contribution < 1.29 is 4.79 Å². The number of carbonyl (C=O) groups excluding carboxylic acids is 1. The van der Waals surface area contributed by atoms with Gasteiger partial charge in [-0.25, -0.2) is 15.0 Å². The Balaban J connectivity index is 1.26. The van der Waals surface area contributed by atoms with Crippen LogP contribution in [0.5, 0.6) is 0 Å². The molecule has 0 aliphatic heterocycles. The van der Waals surface area contributed by atoms with Crippen LogP contribution in [-0.2, 0) is 10.2 Å². The lowest BCUT2D eigenvalue weighted by atomic mass is 9.78. The molecule has 0 spiro atoms. The van der Waals surface area contributed by atoms with Crippen molar-refractivity contribution in [2.45, 2.75) is 31.1 Å². The fourth-order valence-corrected chi connectivity index (χ4v) is 4.62. The molecule has 0 unspecified atom stereocenters. The van der Waals surface area contributed by atoms with E-state index >= 15 is 0 Å². The van der Waals surface area contributed by atoms with E-state index in [2.05, 4.69) is 30.9 Å². The molecule has 8 heteroatoms. The molecule has 0 saturated heterocycles. The van der Waals surface area contributed by atoms with E-state index in [9.17, 15) is 4.79 Å². The minimum Gasteiger partial charge on any atom is -0.340 e. The highest BCUT2D eigenvalue weighted by Crippen LogP contribution is 2.42. The molecule has 2 heterocycles. The zero-order valence-electron chi connectivity index (χ0n) is 19.0. The number of nitrogens with zero attached hydrogens (tertiary/aromatic N) is 3. The molecule has 1 saturated carbocycles. The van der Waals surface area contributed by atoms with Gasteiger partial charge in [-0.2, -0.15) is 0 Å². The molecule has 2 aromatic heterocycles. The van der Waals surface area contributed by atoms with E-state index in [-0.39, 0.29) is 5.91 Å². The van der Waals surface area contributed by atoms with Crippen LogP contribution < -0.4 is 16.0 Å². The lowest BCUT2D eigenvalue weighted by Gasteiger charge is -2.28. The van der Waals surface area contributed by atoms with Gasteiger partial charge in [-0.3, -0.25) is 4.79 Å². The second-order valence-electron chi connectivity index (χ2n) is 8.58. The fraction of sp³-hybridized carbons (Fsp3) is 0.185. The van der Waals surface area contributed by atoms with Crippen LogP contribution in [0.2, 0.25) is 5.02 Å². The number of rotatable bonds is 7. The predicted octanol–water partition coefficient (Wildman–Crippen LogP) is 6.46. The molecular weight excluding hydrogens is 460 g/mol. The summed E-state index contributed by atoms with van der Waals surface area (Å²) in [5.74, 6) is 2.01. The minimum absolute atomic E-state index is 0.0269. The standard InChI is InChI=1S/C27H25ClN6O/c28-20-8-6-19(7-9-20)27(14-2-3-15-27)26(35)33-22-12-10-21(11-13-22)32-24-17-25(31-18-30-24)34-23-5-1-4-16-29-23/h1,4-13,16-18H,2-3,14-15H2,(H,33,35)(H2,29,30,31,32,34). The van der Waals surface area contributed by atoms with Gasteiger partial charge in [0.2, 0.25) is 5.91 Å². The molecule has 3 N–H and O–H groups in total. The van der Waals surface area contributed by atoms with Crippen LogP contribution >= 0.6 is 11.6 Å². The Hall–Kier alpha value is -3.97. The van der Waals surface area contributed by atoms with Crippen molar-refractivity contribution in [3.63, 3.8) is 0 Å². The quantitative estimate of drug-likeness (QED) is 0.278. The van der Waals surface area contributed by atoms with Gasteiger partial charge in [0.15, 0.2) is 0 Å². The number of pyridine rings is 1. The van der Waals surface area contributed by atoms with Crippen molar-refractivity contribution >= 4 is 46.3 Å². The SMILES string of the molecule is O=C(Nc1ccc(Nc2cc(Nc3ccccn3)ncn2)cc1)C1(c2ccc(Cl)cc2)CCCC1. The smallest absolute Gasteiger partial charge is 0.235 e. The normalized spacial score (nSPS) is 14.3. The molecule has 1 aliphatic carbocycles. The highest BCUT2D eigenvalue weighted by Gasteiger charge is 2.42. The lowest BCUT2D eigenvalue weighted by molar-refractivity contribution is -0.121. The van der Waals surface area contributed by atoms with Crippen molar-refractivity contribution in [2.75, 3.05) is 16.0 Å². The first kappa shape index (κ1) is 22.8. The van der Waals surface area contributed by atoms with Crippen LogP contribution in [0.25, 0.3) is 0 Å². The average molecular weight is 485 g/mol. The first-order valence-corrected chi connectivity index (χ1v) is 11.9. The second-order valence-corrected chi connectivity index (χ2v) is 9.02. The maximum Gasteiger partial charge on any atom is 0.235 e. The molecule has 1 aliphatic rings. The summed E-state index contributed by atoms with van der Waals surface area (Å²) in [4.78, 5) is 26.2. The van der Waals surface area contributed by atoms with E-state index in [1.807, 2.05) is 66.7 Å². The number of hydrogen-bond acceptors (Lipinski definition) is 6. The van der Waals surface area contributed by atoms with Crippen LogP contribution in [0.4, 0.5) is 28.8 Å². The van der Waals surface area contributed by atoms with E-state index < -0.39 is 5.41 Å². The number of anilines is 5. The Morgan fingerprint density at radius 2 is 1.46 bits per heavy atom. The molecular formula is C27H25ClN6O. The molecule has 35 heavy (non-hydrogen) atoms. The van der Waals surface area contributed by atoms with Gasteiger partial charge in [0, 0.05) is 28.7 Å². The predicted molar refractivity (Wildman–Crippen MR) is 140 cm³/mol. The number of halogens is 1. The third kappa shape index (κ3) is 5.25. The van der Waals surface area contributed by atoms with Crippen molar-refractivity contribution in [2.24, 2.45) is 0 Å². The van der Waals surface area contributed by atoms with Crippen molar-refractivity contribution in [1.82, 2.24) is 15.0 Å². The summed E-state index contributed by atoms with van der Waals surface area (Å²) in [6.07, 6.45) is 6.95. The Morgan fingerprint density at radius 1 is 0.771 bits per heavy atom. The molecule has 1 fully saturated rings. The van der Waals surface area contributed by atoms with E-state index in [1.165, 1.54) is 6.33 Å². The number of benzene rings is 2. The Bertz CT molecular complexity index is 1290. The molecule has 7 nitrogen and oxygen atoms in total. The molecule has 4 aromatic rings. The highest BCUT2D eigenvalue weighted by molar-refractivity contribution is 6.30. The van der Waals surface area contributed by atoms with Gasteiger partial charge < -0.3 is 16.0 Å². The van der Waals surface area contributed by atoms with E-state index in [0.717, 1.165) is 42.6 Å². The van der Waals surface area contributed by atoms with E-state index in [1.54, 1.807) is 12.3 Å². The van der Waals surface area contributed by atoms with E-state index in [0.29, 0.717) is 22.5 Å². The molecule has 176 valence electrons. The number of amides is 1. The van der Waals surface area contributed by atoms with Crippen molar-refractivity contribution in [3.05, 3.63) is 95.9 Å². The molecule has 0 radical (unpaired) electrons. The Kier molecular flexibility index (Phi) is 6.59. The summed E-state index contributed by atoms with van der Waals surface area (Å²) in [6.45, 7) is 0. The third-order valence-electron chi connectivity index (χ3n) is 6.29. The van der Waals surface area contributed by atoms with Gasteiger partial charge >= 0.3 is 0 Å². The molecule has 2 aromatic carbocycles. The van der Waals surface area contributed by atoms with Crippen molar-refractivity contribution in [1.29, 1.82) is 0 Å². The van der Waals surface area contributed by atoms with Crippen molar-refractivity contribution in [3.8, 4) is 0 Å². The van der Waals surface area contributed by atoms with E-state index in [4.69, 9.17) is 11.6 Å². The van der Waals surface area contributed by atoms with Gasteiger partial charge in [0.25, 0.3) is 0 Å². The minimum atomic E-state index is -0.514. The monoisotopic (exact) mass is 484 g/mol. The summed E-state index contributed by atoms with van der Waals surface area (Å²) in [6, 6.07) is 22.7. The third-order valence-corrected chi connectivity index (χ3v) is 6.54. The molecule has 0 bridgehead atoms. The zero-order valence-corrected chi connectivity index (χ0v) is 19.8. The van der Waals surface area contributed by atoms with Crippen LogP contribution in [0.15, 0.2) is 85.3 Å². The number of carbonyl (C=O) groups is 1. The van der Waals surface area contributed by atoms with Gasteiger partial charge in [-0.1, -0.05) is 42.6 Å². The summed E-state index contributed by atoms with van der Waals surface area (Å²) in [5.41, 5.74) is 2.10. The Morgan fingerprint density at radius 3 is 2.14 bits per heavy atom. The fourth-order valence-electron chi connectivity index (χ4n) is 4.49. The summed E-state index contributed by atoms with van der Waals surface area (Å²) in [5, 5.41) is 10.2. The van der Waals surface area contributed by atoms with Crippen LogP contribution in [-0.4, -0.2) is 20.9 Å². The average Bonchev–Trinajstić information content (AvgIpc) is 3.38. The van der Waals surface area contributed by atoms with Crippen LogP contribution in [0.3, 0.4) is 0 Å². The van der Waals surface area contributed by atoms with Crippen LogP contribution in [0.1, 0.15) is 31.2 Å². The summed E-state index contributed by atoms with van der Waals surface area (Å²) < 4.78 is 0. The number of hydrogen-bond donors (Lipinski definition) is 3. The maximum atomic E-state index is 13.4. The second kappa shape index (κ2) is 10.1. The Labute approximate surface area is 209 Å². The van der Waals surface area contributed by atoms with Gasteiger partial charge in [0.05, 0.1) is 5.41 Å². The van der Waals surface area contributed by atoms with Gasteiger partial charge in [-0.15, -0.1) is 0 Å². The van der Waals surface area contributed by atoms with Gasteiger partial charge in [0.1, 0.15) is 23.8 Å².